The van der Waals surface area contributed by atoms with Gasteiger partial charge in [-0.15, -0.1) is 0 Å². The Balaban J connectivity index is 1.71. The van der Waals surface area contributed by atoms with Gasteiger partial charge in [0, 0.05) is 28.3 Å². The van der Waals surface area contributed by atoms with Gasteiger partial charge < -0.3 is 5.32 Å². The zero-order valence-electron chi connectivity index (χ0n) is 11.3. The molecule has 1 spiro atoms. The van der Waals surface area contributed by atoms with Crippen LogP contribution in [0.1, 0.15) is 58.3 Å². The number of rotatable bonds is 5. The standard InChI is InChI=1S/C14H27NOS/c1-12(17(2)16)7-11-15-13-6-10-14(13)8-4-3-5-9-14/h12-13,15H,3-11H2,1-2H3. The van der Waals surface area contributed by atoms with Crippen LogP contribution in [0.25, 0.3) is 0 Å². The second-order valence-corrected chi connectivity index (χ2v) is 7.87. The first kappa shape index (κ1) is 13.5. The largest absolute Gasteiger partial charge is 0.313 e. The van der Waals surface area contributed by atoms with Crippen LogP contribution in [0.15, 0.2) is 0 Å². The van der Waals surface area contributed by atoms with Crippen LogP contribution in [0.4, 0.5) is 0 Å². The van der Waals surface area contributed by atoms with E-state index in [0.29, 0.717) is 10.7 Å². The van der Waals surface area contributed by atoms with Gasteiger partial charge in [0.15, 0.2) is 0 Å². The minimum Gasteiger partial charge on any atom is -0.313 e. The predicted octanol–water partition coefficient (Wildman–Crippen LogP) is 2.85. The Labute approximate surface area is 108 Å². The van der Waals surface area contributed by atoms with E-state index in [2.05, 4.69) is 12.2 Å². The first-order valence-electron chi connectivity index (χ1n) is 7.20. The number of nitrogens with one attached hydrogen (secondary N) is 1. The molecule has 17 heavy (non-hydrogen) atoms. The lowest BCUT2D eigenvalue weighted by atomic mass is 9.57. The van der Waals surface area contributed by atoms with E-state index in [4.69, 9.17) is 0 Å². The van der Waals surface area contributed by atoms with Crippen molar-refractivity contribution in [3.8, 4) is 0 Å². The Morgan fingerprint density at radius 1 is 1.29 bits per heavy atom. The van der Waals surface area contributed by atoms with Crippen LogP contribution in [-0.2, 0) is 10.8 Å². The van der Waals surface area contributed by atoms with Gasteiger partial charge in [0.2, 0.25) is 0 Å². The minimum absolute atomic E-state index is 0.338. The van der Waals surface area contributed by atoms with E-state index >= 15 is 0 Å². The summed E-state index contributed by atoms with van der Waals surface area (Å²) in [5.74, 6) is 0. The third-order valence-electron chi connectivity index (χ3n) is 5.03. The number of hydrogen-bond acceptors (Lipinski definition) is 2. The normalized spacial score (nSPS) is 30.8. The van der Waals surface area contributed by atoms with Crippen molar-refractivity contribution in [2.75, 3.05) is 12.8 Å². The summed E-state index contributed by atoms with van der Waals surface area (Å²) in [6.07, 6.45) is 12.9. The first-order chi connectivity index (χ1) is 8.14. The summed E-state index contributed by atoms with van der Waals surface area (Å²) in [5, 5.41) is 4.07. The average molecular weight is 257 g/mol. The van der Waals surface area contributed by atoms with E-state index in [-0.39, 0.29) is 0 Å². The fourth-order valence-corrected chi connectivity index (χ4v) is 3.95. The molecule has 2 fully saturated rings. The van der Waals surface area contributed by atoms with Crippen molar-refractivity contribution in [2.24, 2.45) is 5.41 Å². The molecule has 3 heteroatoms. The van der Waals surface area contributed by atoms with Crippen LogP contribution < -0.4 is 5.32 Å². The van der Waals surface area contributed by atoms with Crippen LogP contribution in [0, 0.1) is 5.41 Å². The molecule has 2 aliphatic carbocycles. The van der Waals surface area contributed by atoms with Crippen molar-refractivity contribution >= 4 is 10.8 Å². The predicted molar refractivity (Wildman–Crippen MR) is 74.7 cm³/mol. The highest BCUT2D eigenvalue weighted by Gasteiger charge is 2.46. The van der Waals surface area contributed by atoms with Crippen molar-refractivity contribution in [1.82, 2.24) is 5.32 Å². The summed E-state index contributed by atoms with van der Waals surface area (Å²) >= 11 is 0. The monoisotopic (exact) mass is 257 g/mol. The molecule has 0 amide bonds. The Hall–Kier alpha value is 0.110. The molecular weight excluding hydrogens is 230 g/mol. The van der Waals surface area contributed by atoms with Crippen LogP contribution in [0.3, 0.4) is 0 Å². The summed E-state index contributed by atoms with van der Waals surface area (Å²) in [6.45, 7) is 3.14. The lowest BCUT2D eigenvalue weighted by Crippen LogP contribution is -2.54. The van der Waals surface area contributed by atoms with E-state index in [1.807, 2.05) is 6.26 Å². The average Bonchev–Trinajstić information content (AvgIpc) is 2.33. The molecule has 0 aromatic rings. The quantitative estimate of drug-likeness (QED) is 0.820. The molecule has 2 aliphatic rings. The molecule has 0 radical (unpaired) electrons. The van der Waals surface area contributed by atoms with Crippen molar-refractivity contribution in [1.29, 1.82) is 0 Å². The molecule has 0 heterocycles. The highest BCUT2D eigenvalue weighted by atomic mass is 32.2. The van der Waals surface area contributed by atoms with Crippen LogP contribution in [-0.4, -0.2) is 28.3 Å². The van der Waals surface area contributed by atoms with Crippen molar-refractivity contribution in [2.45, 2.75) is 69.6 Å². The van der Waals surface area contributed by atoms with Crippen molar-refractivity contribution < 1.29 is 4.21 Å². The van der Waals surface area contributed by atoms with Gasteiger partial charge in [-0.1, -0.05) is 26.2 Å². The van der Waals surface area contributed by atoms with Gasteiger partial charge in [-0.3, -0.25) is 4.21 Å². The minimum atomic E-state index is -0.662. The summed E-state index contributed by atoms with van der Waals surface area (Å²) in [7, 11) is -0.662. The smallest absolute Gasteiger partial charge is 0.0329 e. The molecule has 3 atom stereocenters. The van der Waals surface area contributed by atoms with E-state index in [1.54, 1.807) is 0 Å². The molecule has 0 aromatic carbocycles. The Morgan fingerprint density at radius 2 is 2.00 bits per heavy atom. The molecule has 1 N–H and O–H groups in total. The zero-order valence-corrected chi connectivity index (χ0v) is 12.2. The number of hydrogen-bond donors (Lipinski definition) is 1. The zero-order chi connectivity index (χ0) is 12.3. The van der Waals surface area contributed by atoms with Gasteiger partial charge in [0.1, 0.15) is 0 Å². The molecular formula is C14H27NOS. The van der Waals surface area contributed by atoms with Gasteiger partial charge >= 0.3 is 0 Å². The van der Waals surface area contributed by atoms with Gasteiger partial charge in [-0.25, -0.2) is 0 Å². The summed E-state index contributed by atoms with van der Waals surface area (Å²) in [4.78, 5) is 0. The molecule has 3 unspecified atom stereocenters. The van der Waals surface area contributed by atoms with Gasteiger partial charge in [0.25, 0.3) is 0 Å². The third kappa shape index (κ3) is 3.11. The van der Waals surface area contributed by atoms with Crippen molar-refractivity contribution in [3.63, 3.8) is 0 Å². The highest BCUT2D eigenvalue weighted by Crippen LogP contribution is 2.51. The second-order valence-electron chi connectivity index (χ2n) is 6.07. The molecule has 2 rings (SSSR count). The third-order valence-corrected chi connectivity index (χ3v) is 6.40. The lowest BCUT2D eigenvalue weighted by Gasteiger charge is -2.52. The summed E-state index contributed by atoms with van der Waals surface area (Å²) in [5.41, 5.74) is 0.660. The Bertz CT molecular complexity index is 273. The fourth-order valence-electron chi connectivity index (χ4n) is 3.50. The summed E-state index contributed by atoms with van der Waals surface area (Å²) in [6, 6.07) is 0.764. The maximum Gasteiger partial charge on any atom is 0.0329 e. The first-order valence-corrected chi connectivity index (χ1v) is 8.82. The Morgan fingerprint density at radius 3 is 2.53 bits per heavy atom. The van der Waals surface area contributed by atoms with E-state index in [9.17, 15) is 4.21 Å². The lowest BCUT2D eigenvalue weighted by molar-refractivity contribution is 0.0233. The van der Waals surface area contributed by atoms with E-state index in [1.165, 1.54) is 44.9 Å². The molecule has 0 aliphatic heterocycles. The van der Waals surface area contributed by atoms with Gasteiger partial charge in [0.05, 0.1) is 0 Å². The SMILES string of the molecule is CC(CCNC1CCC12CCCCC2)S(C)=O. The summed E-state index contributed by atoms with van der Waals surface area (Å²) < 4.78 is 11.3. The topological polar surface area (TPSA) is 29.1 Å². The maximum atomic E-state index is 11.3. The van der Waals surface area contributed by atoms with Crippen LogP contribution in [0.5, 0.6) is 0 Å². The molecule has 0 saturated heterocycles. The van der Waals surface area contributed by atoms with E-state index < -0.39 is 10.8 Å². The van der Waals surface area contributed by atoms with Gasteiger partial charge in [-0.2, -0.15) is 0 Å². The Kier molecular flexibility index (Phi) is 4.65. The van der Waals surface area contributed by atoms with E-state index in [0.717, 1.165) is 19.0 Å². The molecule has 0 aromatic heterocycles. The maximum absolute atomic E-state index is 11.3. The van der Waals surface area contributed by atoms with Crippen molar-refractivity contribution in [3.05, 3.63) is 0 Å². The fraction of sp³-hybridized carbons (Fsp3) is 1.00. The van der Waals surface area contributed by atoms with Gasteiger partial charge in [-0.05, 0) is 44.1 Å². The van der Waals surface area contributed by atoms with Crippen LogP contribution in [0.2, 0.25) is 0 Å². The molecule has 2 nitrogen and oxygen atoms in total. The molecule has 100 valence electrons. The van der Waals surface area contributed by atoms with Crippen LogP contribution >= 0.6 is 0 Å². The molecule has 0 bridgehead atoms. The highest BCUT2D eigenvalue weighted by molar-refractivity contribution is 7.84. The molecule has 2 saturated carbocycles. The second kappa shape index (κ2) is 5.83.